The van der Waals surface area contributed by atoms with E-state index in [1.54, 1.807) is 24.5 Å². The van der Waals surface area contributed by atoms with Gasteiger partial charge in [-0.05, 0) is 37.1 Å². The molecule has 0 aliphatic carbocycles. The van der Waals surface area contributed by atoms with E-state index in [0.29, 0.717) is 39.5 Å². The monoisotopic (exact) mass is 488 g/mol. The quantitative estimate of drug-likeness (QED) is 0.278. The van der Waals surface area contributed by atoms with Crippen LogP contribution in [-0.4, -0.2) is 62.4 Å². The lowest BCUT2D eigenvalue weighted by atomic mass is 10.1. The first-order valence-corrected chi connectivity index (χ1v) is 12.2. The van der Waals surface area contributed by atoms with Crippen molar-refractivity contribution in [1.82, 2.24) is 35.0 Å². The molecule has 1 aromatic carbocycles. The summed E-state index contributed by atoms with van der Waals surface area (Å²) in [5.74, 6) is 0.506. The minimum absolute atomic E-state index is 0.0113. The second-order valence-electron chi connectivity index (χ2n) is 8.31. The van der Waals surface area contributed by atoms with Crippen LogP contribution in [0.1, 0.15) is 23.2 Å². The number of hydrogen-bond acceptors (Lipinski definition) is 7. The fraction of sp³-hybridized carbons (Fsp3) is 0.174. The second-order valence-corrected chi connectivity index (χ2v) is 9.05. The Balaban J connectivity index is 1.42. The van der Waals surface area contributed by atoms with Crippen LogP contribution < -0.4 is 4.72 Å². The summed E-state index contributed by atoms with van der Waals surface area (Å²) in [5, 5.41) is 8.07. The molecule has 0 radical (unpaired) electrons. The molecule has 0 spiro atoms. The molecule has 0 saturated carbocycles. The Morgan fingerprint density at radius 2 is 1.89 bits per heavy atom. The third kappa shape index (κ3) is 3.87. The van der Waals surface area contributed by atoms with Gasteiger partial charge in [-0.2, -0.15) is 5.10 Å². The first kappa shape index (κ1) is 21.2. The molecule has 35 heavy (non-hydrogen) atoms. The lowest BCUT2D eigenvalue weighted by Gasteiger charge is -2.15. The molecule has 176 valence electrons. The Morgan fingerprint density at radius 1 is 1.06 bits per heavy atom. The molecule has 5 aromatic rings. The maximum Gasteiger partial charge on any atom is 0.256 e. The zero-order valence-electron chi connectivity index (χ0n) is 18.4. The average molecular weight is 489 g/mol. The topological polar surface area (TPSA) is 150 Å². The Morgan fingerprint density at radius 3 is 2.71 bits per heavy atom. The van der Waals surface area contributed by atoms with Crippen molar-refractivity contribution in [1.29, 1.82) is 0 Å². The first-order chi connectivity index (χ1) is 17.1. The van der Waals surface area contributed by atoms with Crippen molar-refractivity contribution in [2.75, 3.05) is 17.8 Å². The van der Waals surface area contributed by atoms with Crippen LogP contribution in [0, 0.1) is 0 Å². The van der Waals surface area contributed by atoms with Gasteiger partial charge in [-0.3, -0.25) is 19.6 Å². The molecule has 1 aliphatic rings. The van der Waals surface area contributed by atoms with Gasteiger partial charge >= 0.3 is 0 Å². The number of anilines is 1. The molecule has 0 unspecified atom stereocenters. The fourth-order valence-corrected chi connectivity index (χ4v) is 4.75. The molecule has 6 rings (SSSR count). The molecule has 12 heteroatoms. The summed E-state index contributed by atoms with van der Waals surface area (Å²) in [6.45, 7) is 1.53. The standard InChI is InChI=1S/C23H20N8O3S/c32-23(31-6-1-2-7-31)16-4-3-5-18-19(16)27-22(26-18)20-17-9-14(11-25-21(17)29-28-20)13-8-15(12-24-10-13)30-35(33)34/h3-5,8-12,35H,1-2,6-7H2,(H,26,27)(H,25,28,29)(H,30,33,34). The summed E-state index contributed by atoms with van der Waals surface area (Å²) in [6, 6.07) is 9.11. The van der Waals surface area contributed by atoms with Crippen molar-refractivity contribution < 1.29 is 13.2 Å². The van der Waals surface area contributed by atoms with Gasteiger partial charge in [-0.1, -0.05) is 6.07 Å². The Hall–Kier alpha value is -4.32. The zero-order valence-corrected chi connectivity index (χ0v) is 19.2. The van der Waals surface area contributed by atoms with Gasteiger partial charge in [0.2, 0.25) is 10.9 Å². The Kier molecular flexibility index (Phi) is 5.14. The Bertz CT molecular complexity index is 1660. The highest BCUT2D eigenvalue weighted by molar-refractivity contribution is 7.73. The van der Waals surface area contributed by atoms with Crippen LogP contribution >= 0.6 is 0 Å². The van der Waals surface area contributed by atoms with Crippen LogP contribution in [-0.2, 0) is 10.9 Å². The number of pyridine rings is 2. The van der Waals surface area contributed by atoms with Gasteiger partial charge in [0.15, 0.2) is 11.5 Å². The molecule has 0 bridgehead atoms. The predicted octanol–water partition coefficient (Wildman–Crippen LogP) is 2.74. The number of aromatic nitrogens is 6. The van der Waals surface area contributed by atoms with Crippen LogP contribution in [0.4, 0.5) is 5.69 Å². The van der Waals surface area contributed by atoms with Crippen LogP contribution in [0.2, 0.25) is 0 Å². The molecule has 0 atom stereocenters. The summed E-state index contributed by atoms with van der Waals surface area (Å²) < 4.78 is 24.4. The Labute approximate surface area is 200 Å². The summed E-state index contributed by atoms with van der Waals surface area (Å²) in [4.78, 5) is 31.5. The number of nitrogens with zero attached hydrogens (tertiary/aromatic N) is 5. The number of carbonyl (C=O) groups is 1. The van der Waals surface area contributed by atoms with Crippen molar-refractivity contribution in [3.63, 3.8) is 0 Å². The summed E-state index contributed by atoms with van der Waals surface area (Å²) in [6.07, 6.45) is 6.76. The van der Waals surface area contributed by atoms with Crippen LogP contribution in [0.25, 0.3) is 44.7 Å². The lowest BCUT2D eigenvalue weighted by Crippen LogP contribution is -2.27. The van der Waals surface area contributed by atoms with E-state index in [9.17, 15) is 13.2 Å². The third-order valence-corrected chi connectivity index (χ3v) is 6.51. The van der Waals surface area contributed by atoms with E-state index in [-0.39, 0.29) is 5.91 Å². The first-order valence-electron chi connectivity index (χ1n) is 11.1. The lowest BCUT2D eigenvalue weighted by molar-refractivity contribution is 0.0794. The molecule has 3 N–H and O–H groups in total. The van der Waals surface area contributed by atoms with Crippen LogP contribution in [0.15, 0.2) is 48.9 Å². The van der Waals surface area contributed by atoms with Crippen molar-refractivity contribution >= 4 is 44.6 Å². The van der Waals surface area contributed by atoms with Gasteiger partial charge < -0.3 is 9.88 Å². The molecule has 1 amide bonds. The molecular weight excluding hydrogens is 468 g/mol. The summed E-state index contributed by atoms with van der Waals surface area (Å²) >= 11 is 0. The maximum atomic E-state index is 13.1. The van der Waals surface area contributed by atoms with Crippen LogP contribution in [0.3, 0.4) is 0 Å². The number of rotatable bonds is 5. The van der Waals surface area contributed by atoms with Crippen molar-refractivity contribution in [2.24, 2.45) is 0 Å². The van der Waals surface area contributed by atoms with Crippen molar-refractivity contribution in [3.8, 4) is 22.6 Å². The minimum Gasteiger partial charge on any atom is -0.339 e. The van der Waals surface area contributed by atoms with Gasteiger partial charge in [0.05, 0.1) is 28.4 Å². The number of para-hydroxylation sites is 1. The summed E-state index contributed by atoms with van der Waals surface area (Å²) in [7, 11) is -2.80. The maximum absolute atomic E-state index is 13.1. The number of thiol groups is 1. The van der Waals surface area contributed by atoms with E-state index in [4.69, 9.17) is 4.98 Å². The van der Waals surface area contributed by atoms with Crippen LogP contribution in [0.5, 0.6) is 0 Å². The normalized spacial score (nSPS) is 13.8. The zero-order chi connectivity index (χ0) is 23.9. The molecule has 1 aliphatic heterocycles. The largest absolute Gasteiger partial charge is 0.339 e. The van der Waals surface area contributed by atoms with Gasteiger partial charge in [0.1, 0.15) is 11.2 Å². The average Bonchev–Trinajstić information content (AvgIpc) is 3.62. The highest BCUT2D eigenvalue weighted by Crippen LogP contribution is 2.30. The molecular formula is C23H20N8O3S. The molecule has 5 heterocycles. The SMILES string of the molecule is O=C(c1cccc2[nH]c(-c3n[nH]c4ncc(-c5cncc(N[SH](=O)=O)c5)cc34)nc12)N1CCCC1. The molecule has 11 nitrogen and oxygen atoms in total. The van der Waals surface area contributed by atoms with E-state index < -0.39 is 10.9 Å². The fourth-order valence-electron chi connectivity index (χ4n) is 4.41. The number of imidazole rings is 1. The molecule has 1 fully saturated rings. The van der Waals surface area contributed by atoms with E-state index in [0.717, 1.165) is 42.4 Å². The van der Waals surface area contributed by atoms with E-state index >= 15 is 0 Å². The number of H-pyrrole nitrogens is 2. The number of amides is 1. The highest BCUT2D eigenvalue weighted by Gasteiger charge is 2.23. The number of hydrogen-bond donors (Lipinski definition) is 4. The van der Waals surface area contributed by atoms with Crippen molar-refractivity contribution in [2.45, 2.75) is 12.8 Å². The third-order valence-electron chi connectivity index (χ3n) is 6.07. The van der Waals surface area contributed by atoms with Crippen molar-refractivity contribution in [3.05, 3.63) is 54.5 Å². The minimum atomic E-state index is -2.80. The number of likely N-dealkylation sites (tertiary alicyclic amines) is 1. The van der Waals surface area contributed by atoms with E-state index in [1.165, 1.54) is 6.20 Å². The number of aromatic amines is 2. The second kappa shape index (κ2) is 8.47. The van der Waals surface area contributed by atoms with Gasteiger partial charge in [-0.15, -0.1) is 0 Å². The predicted molar refractivity (Wildman–Crippen MR) is 131 cm³/mol. The smallest absolute Gasteiger partial charge is 0.256 e. The number of nitrogens with one attached hydrogen (secondary N) is 3. The van der Waals surface area contributed by atoms with Gasteiger partial charge in [0, 0.05) is 36.6 Å². The highest BCUT2D eigenvalue weighted by atomic mass is 32.2. The molecule has 4 aromatic heterocycles. The van der Waals surface area contributed by atoms with Gasteiger partial charge in [0.25, 0.3) is 5.91 Å². The summed E-state index contributed by atoms with van der Waals surface area (Å²) in [5.41, 5.74) is 4.85. The molecule has 1 saturated heterocycles. The number of benzene rings is 1. The number of carbonyl (C=O) groups excluding carboxylic acids is 1. The van der Waals surface area contributed by atoms with Gasteiger partial charge in [-0.25, -0.2) is 18.4 Å². The van der Waals surface area contributed by atoms with E-state index in [1.807, 2.05) is 23.1 Å². The van der Waals surface area contributed by atoms with E-state index in [2.05, 4.69) is 29.9 Å². The number of fused-ring (bicyclic) bond motifs is 2.